The molecule has 2 aliphatic rings. The fourth-order valence-corrected chi connectivity index (χ4v) is 3.98. The number of nitrogens with zero attached hydrogens (tertiary/aromatic N) is 1. The van der Waals surface area contributed by atoms with Crippen LogP contribution in [0, 0.1) is 5.92 Å². The third kappa shape index (κ3) is 3.74. The van der Waals surface area contributed by atoms with Gasteiger partial charge in [-0.15, -0.1) is 23.7 Å². The summed E-state index contributed by atoms with van der Waals surface area (Å²) >= 11 is 1.62. The fraction of sp³-hybridized carbons (Fsp3) is 0.714. The molecule has 1 aliphatic heterocycles. The van der Waals surface area contributed by atoms with E-state index in [1.165, 1.54) is 17.0 Å². The van der Waals surface area contributed by atoms with Crippen molar-refractivity contribution in [3.05, 3.63) is 10.6 Å². The Labute approximate surface area is 135 Å². The molecule has 3 rings (SSSR count). The van der Waals surface area contributed by atoms with Crippen LogP contribution >= 0.6 is 23.7 Å². The molecule has 0 spiro atoms. The van der Waals surface area contributed by atoms with Gasteiger partial charge in [0.25, 0.3) is 0 Å². The average molecular weight is 332 g/mol. The molecule has 1 unspecified atom stereocenters. The third-order valence-corrected chi connectivity index (χ3v) is 5.05. The molecule has 1 aliphatic carbocycles. The van der Waals surface area contributed by atoms with Crippen LogP contribution in [0.4, 0.5) is 5.13 Å². The molecule has 1 amide bonds. The van der Waals surface area contributed by atoms with Crippen molar-refractivity contribution in [2.45, 2.75) is 45.3 Å². The first-order valence-corrected chi connectivity index (χ1v) is 8.09. The molecule has 1 aromatic heterocycles. The molecule has 5 nitrogen and oxygen atoms in total. The first kappa shape index (κ1) is 16.7. The summed E-state index contributed by atoms with van der Waals surface area (Å²) in [5.41, 5.74) is 1.17. The first-order chi connectivity index (χ1) is 9.63. The van der Waals surface area contributed by atoms with E-state index >= 15 is 0 Å². The zero-order valence-corrected chi connectivity index (χ0v) is 14.0. The van der Waals surface area contributed by atoms with Crippen LogP contribution in [0.25, 0.3) is 0 Å². The number of carbonyl (C=O) groups is 1. The molecule has 2 N–H and O–H groups in total. The van der Waals surface area contributed by atoms with Crippen molar-refractivity contribution >= 4 is 34.8 Å². The van der Waals surface area contributed by atoms with E-state index in [2.05, 4.69) is 22.5 Å². The summed E-state index contributed by atoms with van der Waals surface area (Å²) in [5.74, 6) is 0.677. The number of morpholine rings is 1. The summed E-state index contributed by atoms with van der Waals surface area (Å²) in [7, 11) is 0. The minimum absolute atomic E-state index is 0. The molecular weight excluding hydrogens is 310 g/mol. The lowest BCUT2D eigenvalue weighted by atomic mass is 9.93. The van der Waals surface area contributed by atoms with Gasteiger partial charge in [-0.05, 0) is 32.1 Å². The molecule has 1 saturated heterocycles. The molecule has 3 atom stereocenters. The van der Waals surface area contributed by atoms with Crippen LogP contribution in [0.3, 0.4) is 0 Å². The quantitative estimate of drug-likeness (QED) is 0.870. The number of hydrogen-bond donors (Lipinski definition) is 2. The van der Waals surface area contributed by atoms with E-state index in [4.69, 9.17) is 4.74 Å². The van der Waals surface area contributed by atoms with Gasteiger partial charge in [0.2, 0.25) is 5.91 Å². The topological polar surface area (TPSA) is 63.2 Å². The van der Waals surface area contributed by atoms with Crippen LogP contribution in [0.2, 0.25) is 0 Å². The number of amides is 1. The number of nitrogens with one attached hydrogen (secondary N) is 2. The van der Waals surface area contributed by atoms with Crippen LogP contribution in [-0.4, -0.2) is 36.2 Å². The summed E-state index contributed by atoms with van der Waals surface area (Å²) < 4.78 is 5.50. The zero-order valence-electron chi connectivity index (χ0n) is 12.3. The molecule has 1 aromatic rings. The van der Waals surface area contributed by atoms with Crippen molar-refractivity contribution < 1.29 is 9.53 Å². The molecule has 2 heterocycles. The second-order valence-electron chi connectivity index (χ2n) is 5.73. The fourth-order valence-electron chi connectivity index (χ4n) is 2.80. The largest absolute Gasteiger partial charge is 0.375 e. The maximum absolute atomic E-state index is 12.3. The standard InChI is InChI=1S/C14H21N3O2S.ClH/c1-8-3-4-10-11(7-8)20-14(16-10)17-13(18)12-9(2)19-6-5-15-12;/h8-9,12,15H,3-7H2,1-2H3,(H,16,17,18);1H/t8?,9-,12+;/m1./s1. The highest BCUT2D eigenvalue weighted by Crippen LogP contribution is 2.32. The lowest BCUT2D eigenvalue weighted by Crippen LogP contribution is -2.53. The maximum atomic E-state index is 12.3. The van der Waals surface area contributed by atoms with E-state index in [-0.39, 0.29) is 30.5 Å². The number of hydrogen-bond acceptors (Lipinski definition) is 5. The minimum atomic E-state index is -0.288. The highest BCUT2D eigenvalue weighted by Gasteiger charge is 2.29. The maximum Gasteiger partial charge on any atom is 0.245 e. The third-order valence-electron chi connectivity index (χ3n) is 4.02. The number of thiazole rings is 1. The van der Waals surface area contributed by atoms with Gasteiger partial charge in [-0.1, -0.05) is 6.92 Å². The molecule has 118 valence electrons. The molecule has 21 heavy (non-hydrogen) atoms. The number of ether oxygens (including phenoxy) is 1. The Balaban J connectivity index is 0.00000161. The van der Waals surface area contributed by atoms with Gasteiger partial charge in [0.05, 0.1) is 18.4 Å². The van der Waals surface area contributed by atoms with Gasteiger partial charge in [0.1, 0.15) is 6.04 Å². The average Bonchev–Trinajstić information content (AvgIpc) is 2.80. The van der Waals surface area contributed by atoms with Crippen LogP contribution < -0.4 is 10.6 Å². The molecule has 0 aromatic carbocycles. The van der Waals surface area contributed by atoms with E-state index in [1.54, 1.807) is 11.3 Å². The molecule has 0 radical (unpaired) electrons. The van der Waals surface area contributed by atoms with Gasteiger partial charge < -0.3 is 15.4 Å². The normalized spacial score (nSPS) is 28.4. The number of rotatable bonds is 2. The van der Waals surface area contributed by atoms with E-state index in [9.17, 15) is 4.79 Å². The number of anilines is 1. The number of aromatic nitrogens is 1. The molecule has 1 fully saturated rings. The number of aryl methyl sites for hydroxylation is 1. The van der Waals surface area contributed by atoms with E-state index in [1.807, 2.05) is 6.92 Å². The van der Waals surface area contributed by atoms with E-state index in [0.29, 0.717) is 13.2 Å². The summed E-state index contributed by atoms with van der Waals surface area (Å²) in [6, 6.07) is -0.288. The van der Waals surface area contributed by atoms with Crippen LogP contribution in [0.15, 0.2) is 0 Å². The number of carbonyl (C=O) groups excluding carboxylic acids is 1. The lowest BCUT2D eigenvalue weighted by Gasteiger charge is -2.28. The van der Waals surface area contributed by atoms with Gasteiger partial charge in [-0.25, -0.2) is 4.98 Å². The Hall–Kier alpha value is -0.690. The Morgan fingerprint density at radius 2 is 2.29 bits per heavy atom. The van der Waals surface area contributed by atoms with Gasteiger partial charge in [0.15, 0.2) is 5.13 Å². The van der Waals surface area contributed by atoms with E-state index < -0.39 is 0 Å². The number of halogens is 1. The zero-order chi connectivity index (χ0) is 14.1. The van der Waals surface area contributed by atoms with Crippen LogP contribution in [-0.2, 0) is 22.4 Å². The SMILES string of the molecule is CC1CCc2nc(NC(=O)[C@H]3NCCO[C@@H]3C)sc2C1.Cl. The summed E-state index contributed by atoms with van der Waals surface area (Å²) in [4.78, 5) is 18.2. The highest BCUT2D eigenvalue weighted by atomic mass is 35.5. The van der Waals surface area contributed by atoms with Crippen molar-refractivity contribution in [2.24, 2.45) is 5.92 Å². The lowest BCUT2D eigenvalue weighted by molar-refractivity contribution is -0.123. The summed E-state index contributed by atoms with van der Waals surface area (Å²) in [6.45, 7) is 5.57. The van der Waals surface area contributed by atoms with E-state index in [0.717, 1.165) is 23.9 Å². The summed E-state index contributed by atoms with van der Waals surface area (Å²) in [5, 5.41) is 6.87. The molecule has 0 bridgehead atoms. The van der Waals surface area contributed by atoms with Gasteiger partial charge in [-0.2, -0.15) is 0 Å². The Morgan fingerprint density at radius 1 is 1.48 bits per heavy atom. The Morgan fingerprint density at radius 3 is 3.05 bits per heavy atom. The summed E-state index contributed by atoms with van der Waals surface area (Å²) in [6.07, 6.45) is 3.21. The van der Waals surface area contributed by atoms with Crippen LogP contribution in [0.5, 0.6) is 0 Å². The number of fused-ring (bicyclic) bond motifs is 1. The van der Waals surface area contributed by atoms with Gasteiger partial charge in [0, 0.05) is 11.4 Å². The van der Waals surface area contributed by atoms with Gasteiger partial charge >= 0.3 is 0 Å². The molecule has 0 saturated carbocycles. The Bertz CT molecular complexity index is 508. The smallest absolute Gasteiger partial charge is 0.245 e. The van der Waals surface area contributed by atoms with Gasteiger partial charge in [-0.3, -0.25) is 4.79 Å². The Kier molecular flexibility index (Phi) is 5.60. The van der Waals surface area contributed by atoms with Crippen molar-refractivity contribution in [3.63, 3.8) is 0 Å². The monoisotopic (exact) mass is 331 g/mol. The van der Waals surface area contributed by atoms with Crippen molar-refractivity contribution in [2.75, 3.05) is 18.5 Å². The molecular formula is C14H22ClN3O2S. The predicted molar refractivity (Wildman–Crippen MR) is 86.4 cm³/mol. The predicted octanol–water partition coefficient (Wildman–Crippen LogP) is 2.01. The van der Waals surface area contributed by atoms with Crippen molar-refractivity contribution in [1.29, 1.82) is 0 Å². The van der Waals surface area contributed by atoms with Crippen molar-refractivity contribution in [1.82, 2.24) is 10.3 Å². The van der Waals surface area contributed by atoms with Crippen LogP contribution in [0.1, 0.15) is 30.8 Å². The highest BCUT2D eigenvalue weighted by molar-refractivity contribution is 7.15. The molecule has 7 heteroatoms. The van der Waals surface area contributed by atoms with Crippen molar-refractivity contribution in [3.8, 4) is 0 Å². The second kappa shape index (κ2) is 7.05. The first-order valence-electron chi connectivity index (χ1n) is 7.28. The minimum Gasteiger partial charge on any atom is -0.375 e. The second-order valence-corrected chi connectivity index (χ2v) is 6.82.